The molecule has 0 fully saturated rings. The SMILES string of the molecule is CCc1ccc(OCCOc2cc(-c3c4cc(F)c(=O)cc-4oc4cc(O)c(F)cc34)ccc2N)c(N)c1. The molecule has 5 rings (SSSR count). The maximum Gasteiger partial charge on any atom is 0.217 e. The molecule has 9 heteroatoms. The summed E-state index contributed by atoms with van der Waals surface area (Å²) in [5.41, 5.74) is 14.5. The van der Waals surface area contributed by atoms with Gasteiger partial charge in [-0.15, -0.1) is 0 Å². The smallest absolute Gasteiger partial charge is 0.217 e. The van der Waals surface area contributed by atoms with E-state index in [1.54, 1.807) is 18.2 Å². The van der Waals surface area contributed by atoms with E-state index in [0.717, 1.165) is 36.2 Å². The molecule has 1 aliphatic carbocycles. The van der Waals surface area contributed by atoms with Crippen LogP contribution in [0.3, 0.4) is 0 Å². The maximum atomic E-state index is 14.4. The Balaban J connectivity index is 1.49. The van der Waals surface area contributed by atoms with Crippen LogP contribution in [0.2, 0.25) is 0 Å². The van der Waals surface area contributed by atoms with Gasteiger partial charge < -0.3 is 30.5 Å². The zero-order chi connectivity index (χ0) is 27.0. The number of aromatic hydroxyl groups is 1. The molecule has 1 heterocycles. The molecule has 194 valence electrons. The van der Waals surface area contributed by atoms with Crippen molar-refractivity contribution in [3.05, 3.63) is 88.1 Å². The van der Waals surface area contributed by atoms with Crippen LogP contribution in [0.25, 0.3) is 33.4 Å². The molecule has 38 heavy (non-hydrogen) atoms. The fourth-order valence-corrected chi connectivity index (χ4v) is 4.28. The zero-order valence-electron chi connectivity index (χ0n) is 20.4. The number of benzene rings is 4. The van der Waals surface area contributed by atoms with Crippen LogP contribution in [0.1, 0.15) is 12.5 Å². The number of aryl methyl sites for hydroxylation is 1. The predicted octanol–water partition coefficient (Wildman–Crippen LogP) is 5.73. The van der Waals surface area contributed by atoms with Gasteiger partial charge in [-0.05, 0) is 53.9 Å². The number of fused-ring (bicyclic) bond motifs is 2. The minimum atomic E-state index is -0.983. The van der Waals surface area contributed by atoms with E-state index in [0.29, 0.717) is 34.0 Å². The molecule has 7 nitrogen and oxygen atoms in total. The van der Waals surface area contributed by atoms with Crippen molar-refractivity contribution in [3.8, 4) is 39.7 Å². The number of phenols is 1. The lowest BCUT2D eigenvalue weighted by Crippen LogP contribution is -2.11. The first-order valence-corrected chi connectivity index (χ1v) is 11.9. The summed E-state index contributed by atoms with van der Waals surface area (Å²) in [7, 11) is 0. The van der Waals surface area contributed by atoms with Gasteiger partial charge in [-0.2, -0.15) is 0 Å². The molecule has 0 spiro atoms. The van der Waals surface area contributed by atoms with Gasteiger partial charge in [-0.3, -0.25) is 4.79 Å². The monoisotopic (exact) mass is 518 g/mol. The standard InChI is InChI=1S/C29H24F2N2O5/c1-2-15-3-6-25(22(33)9-15)36-7-8-37-28-10-16(4-5-21(28)32)29-17-11-19(30)23(34)13-26(17)38-27-14-24(35)20(31)12-18(27)29/h3-6,9-14,34H,2,7-8,32-33H2,1H3. The number of halogens is 2. The summed E-state index contributed by atoms with van der Waals surface area (Å²) in [5.74, 6) is -1.55. The summed E-state index contributed by atoms with van der Waals surface area (Å²) >= 11 is 0. The molecule has 3 aromatic carbocycles. The van der Waals surface area contributed by atoms with Gasteiger partial charge in [-0.25, -0.2) is 8.78 Å². The first-order chi connectivity index (χ1) is 18.2. The van der Waals surface area contributed by atoms with Gasteiger partial charge in [0.05, 0.1) is 11.4 Å². The summed E-state index contributed by atoms with van der Waals surface area (Å²) in [5, 5.41) is 10.1. The van der Waals surface area contributed by atoms with Gasteiger partial charge >= 0.3 is 0 Å². The summed E-state index contributed by atoms with van der Waals surface area (Å²) in [4.78, 5) is 11.9. The molecule has 3 aromatic rings. The number of hydrogen-bond donors (Lipinski definition) is 3. The van der Waals surface area contributed by atoms with Crippen molar-refractivity contribution < 1.29 is 27.8 Å². The first-order valence-electron chi connectivity index (χ1n) is 11.9. The third-order valence-electron chi connectivity index (χ3n) is 6.22. The number of phenolic OH excluding ortho intramolecular Hbond substituents is 1. The van der Waals surface area contributed by atoms with E-state index in [1.165, 1.54) is 0 Å². The number of ether oxygens (including phenoxy) is 2. The highest BCUT2D eigenvalue weighted by atomic mass is 19.1. The van der Waals surface area contributed by atoms with Crippen LogP contribution >= 0.6 is 0 Å². The minimum Gasteiger partial charge on any atom is -0.505 e. The van der Waals surface area contributed by atoms with E-state index in [9.17, 15) is 18.7 Å². The lowest BCUT2D eigenvalue weighted by Gasteiger charge is -2.17. The Kier molecular flexibility index (Phi) is 6.50. The van der Waals surface area contributed by atoms with Crippen LogP contribution in [-0.2, 0) is 6.42 Å². The molecule has 0 saturated carbocycles. The Hall–Kier alpha value is -4.79. The summed E-state index contributed by atoms with van der Waals surface area (Å²) in [6, 6.07) is 14.7. The highest BCUT2D eigenvalue weighted by molar-refractivity contribution is 6.02. The van der Waals surface area contributed by atoms with E-state index in [2.05, 4.69) is 0 Å². The van der Waals surface area contributed by atoms with E-state index < -0.39 is 22.8 Å². The van der Waals surface area contributed by atoms with Crippen molar-refractivity contribution in [1.29, 1.82) is 0 Å². The third-order valence-corrected chi connectivity index (χ3v) is 6.22. The Morgan fingerprint density at radius 2 is 1.63 bits per heavy atom. The van der Waals surface area contributed by atoms with Crippen LogP contribution in [0.5, 0.6) is 17.2 Å². The fraction of sp³-hybridized carbons (Fsp3) is 0.138. The average Bonchev–Trinajstić information content (AvgIpc) is 2.89. The van der Waals surface area contributed by atoms with E-state index in [1.807, 2.05) is 25.1 Å². The topological polar surface area (TPSA) is 121 Å². The van der Waals surface area contributed by atoms with Crippen LogP contribution in [0.4, 0.5) is 20.2 Å². The largest absolute Gasteiger partial charge is 0.505 e. The second-order valence-corrected chi connectivity index (χ2v) is 8.73. The lowest BCUT2D eigenvalue weighted by molar-refractivity contribution is 0.218. The maximum absolute atomic E-state index is 14.4. The van der Waals surface area contributed by atoms with Crippen molar-refractivity contribution >= 4 is 22.3 Å². The summed E-state index contributed by atoms with van der Waals surface area (Å²) in [6.07, 6.45) is 0.863. The molecular formula is C29H24F2N2O5. The molecule has 0 bridgehead atoms. The first kappa shape index (κ1) is 24.9. The van der Waals surface area contributed by atoms with E-state index in [4.69, 9.17) is 25.4 Å². The molecule has 0 unspecified atom stereocenters. The molecular weight excluding hydrogens is 494 g/mol. The lowest BCUT2D eigenvalue weighted by atomic mass is 9.93. The number of nitrogens with two attached hydrogens (primary N) is 2. The molecule has 0 aromatic heterocycles. The van der Waals surface area contributed by atoms with Gasteiger partial charge in [-0.1, -0.05) is 19.1 Å². The highest BCUT2D eigenvalue weighted by Gasteiger charge is 2.22. The Morgan fingerprint density at radius 1 is 0.868 bits per heavy atom. The Morgan fingerprint density at radius 3 is 2.37 bits per heavy atom. The normalized spacial score (nSPS) is 11.2. The van der Waals surface area contributed by atoms with E-state index in [-0.39, 0.29) is 35.5 Å². The molecule has 5 N–H and O–H groups in total. The predicted molar refractivity (Wildman–Crippen MR) is 142 cm³/mol. The van der Waals surface area contributed by atoms with Gasteiger partial charge in [0.25, 0.3) is 0 Å². The fourth-order valence-electron chi connectivity index (χ4n) is 4.28. The van der Waals surface area contributed by atoms with Crippen molar-refractivity contribution in [2.45, 2.75) is 13.3 Å². The van der Waals surface area contributed by atoms with Crippen LogP contribution in [0.15, 0.2) is 69.9 Å². The Bertz CT molecular complexity index is 1700. The van der Waals surface area contributed by atoms with Crippen molar-refractivity contribution in [2.75, 3.05) is 24.7 Å². The Labute approximate surface area is 216 Å². The van der Waals surface area contributed by atoms with Gasteiger partial charge in [0, 0.05) is 28.6 Å². The molecule has 0 amide bonds. The number of nitrogen functional groups attached to an aromatic ring is 2. The second kappa shape index (κ2) is 9.93. The number of hydrogen-bond acceptors (Lipinski definition) is 7. The third kappa shape index (κ3) is 4.66. The highest BCUT2D eigenvalue weighted by Crippen LogP contribution is 2.43. The summed E-state index contributed by atoms with van der Waals surface area (Å²) < 4.78 is 46.0. The second-order valence-electron chi connectivity index (χ2n) is 8.73. The molecule has 1 aliphatic heterocycles. The molecule has 2 aliphatic rings. The van der Waals surface area contributed by atoms with Crippen molar-refractivity contribution in [1.82, 2.24) is 0 Å². The average molecular weight is 519 g/mol. The summed E-state index contributed by atoms with van der Waals surface area (Å²) in [6.45, 7) is 2.37. The number of rotatable bonds is 7. The van der Waals surface area contributed by atoms with Crippen LogP contribution in [0, 0.1) is 11.6 Å². The van der Waals surface area contributed by atoms with Crippen LogP contribution < -0.4 is 26.4 Å². The number of anilines is 2. The quantitative estimate of drug-likeness (QED) is 0.143. The molecule has 0 atom stereocenters. The molecule has 0 radical (unpaired) electrons. The van der Waals surface area contributed by atoms with Crippen LogP contribution in [-0.4, -0.2) is 18.3 Å². The van der Waals surface area contributed by atoms with Crippen molar-refractivity contribution in [3.63, 3.8) is 0 Å². The minimum absolute atomic E-state index is 0.0734. The zero-order valence-corrected chi connectivity index (χ0v) is 20.4. The van der Waals surface area contributed by atoms with E-state index >= 15 is 0 Å². The van der Waals surface area contributed by atoms with Gasteiger partial charge in [0.2, 0.25) is 5.43 Å². The van der Waals surface area contributed by atoms with Gasteiger partial charge in [0.15, 0.2) is 17.4 Å². The van der Waals surface area contributed by atoms with Gasteiger partial charge in [0.1, 0.15) is 36.1 Å². The van der Waals surface area contributed by atoms with Crippen molar-refractivity contribution in [2.24, 2.45) is 0 Å². The molecule has 0 saturated heterocycles.